The first kappa shape index (κ1) is 17.7. The minimum absolute atomic E-state index is 0.161. The molecule has 2 aromatic heterocycles. The Morgan fingerprint density at radius 2 is 2.30 bits per heavy atom. The Morgan fingerprint density at radius 1 is 1.57 bits per heavy atom. The molecule has 0 fully saturated rings. The average Bonchev–Trinajstić information content (AvgIpc) is 2.96. The number of thiazole rings is 1. The predicted octanol–water partition coefficient (Wildman–Crippen LogP) is 5.43. The van der Waals surface area contributed by atoms with Gasteiger partial charge in [0.15, 0.2) is 9.99 Å². The number of pyridine rings is 1. The summed E-state index contributed by atoms with van der Waals surface area (Å²) in [6.45, 7) is 3.15. The molecule has 2 rings (SSSR count). The van der Waals surface area contributed by atoms with Gasteiger partial charge in [-0.3, -0.25) is 0 Å². The van der Waals surface area contributed by atoms with Crippen molar-refractivity contribution in [2.45, 2.75) is 24.6 Å². The molecule has 4 nitrogen and oxygen atoms in total. The van der Waals surface area contributed by atoms with Crippen molar-refractivity contribution in [3.8, 4) is 6.07 Å². The van der Waals surface area contributed by atoms with Gasteiger partial charge in [0.2, 0.25) is 0 Å². The lowest BCUT2D eigenvalue weighted by molar-refractivity contribution is 0.632. The second-order valence-corrected chi connectivity index (χ2v) is 7.16. The van der Waals surface area contributed by atoms with E-state index in [1.54, 1.807) is 6.08 Å². The van der Waals surface area contributed by atoms with Crippen LogP contribution in [0.3, 0.4) is 0 Å². The summed E-state index contributed by atoms with van der Waals surface area (Å²) in [5, 5.41) is 12.7. The molecule has 0 unspecified atom stereocenters. The maximum Gasteiger partial charge on any atom is 0.173 e. The molecule has 0 aliphatic carbocycles. The summed E-state index contributed by atoms with van der Waals surface area (Å²) in [5.41, 5.74) is 2.48. The Morgan fingerprint density at radius 3 is 2.91 bits per heavy atom. The summed E-state index contributed by atoms with van der Waals surface area (Å²) in [7, 11) is 0. The fourth-order valence-electron chi connectivity index (χ4n) is 1.78. The van der Waals surface area contributed by atoms with Gasteiger partial charge in [-0.25, -0.2) is 14.4 Å². The van der Waals surface area contributed by atoms with Crippen LogP contribution < -0.4 is 5.32 Å². The van der Waals surface area contributed by atoms with Crippen molar-refractivity contribution in [3.05, 3.63) is 34.4 Å². The van der Waals surface area contributed by atoms with Crippen molar-refractivity contribution in [1.29, 1.82) is 5.26 Å². The van der Waals surface area contributed by atoms with Crippen LogP contribution in [0.5, 0.6) is 0 Å². The lowest BCUT2D eigenvalue weighted by Crippen LogP contribution is -1.99. The first-order chi connectivity index (χ1) is 11.0. The smallest absolute Gasteiger partial charge is 0.173 e. The van der Waals surface area contributed by atoms with Crippen LogP contribution in [-0.4, -0.2) is 16.2 Å². The van der Waals surface area contributed by atoms with Crippen LogP contribution in [0, 0.1) is 11.3 Å². The van der Waals surface area contributed by atoms with E-state index in [-0.39, 0.29) is 11.5 Å². The van der Waals surface area contributed by atoms with Crippen molar-refractivity contribution < 1.29 is 4.39 Å². The molecule has 1 N–H and O–H groups in total. The summed E-state index contributed by atoms with van der Waals surface area (Å²) in [5.74, 6) is -0.396. The van der Waals surface area contributed by atoms with E-state index in [9.17, 15) is 9.65 Å². The maximum atomic E-state index is 13.0. The molecule has 0 saturated heterocycles. The zero-order valence-electron chi connectivity index (χ0n) is 12.8. The van der Waals surface area contributed by atoms with Crippen LogP contribution in [0.1, 0.15) is 25.8 Å². The predicted molar refractivity (Wildman–Crippen MR) is 95.6 cm³/mol. The van der Waals surface area contributed by atoms with E-state index in [1.807, 2.05) is 13.2 Å². The van der Waals surface area contributed by atoms with Gasteiger partial charge in [-0.15, -0.1) is 11.3 Å². The van der Waals surface area contributed by atoms with E-state index >= 15 is 0 Å². The number of nitrogens with one attached hydrogen (secondary N) is 1. The number of hydrogen-bond donors (Lipinski definition) is 1. The van der Waals surface area contributed by atoms with Crippen molar-refractivity contribution in [2.75, 3.05) is 11.6 Å². The van der Waals surface area contributed by atoms with E-state index in [0.717, 1.165) is 14.7 Å². The van der Waals surface area contributed by atoms with Gasteiger partial charge in [-0.1, -0.05) is 29.4 Å². The highest BCUT2D eigenvalue weighted by atomic mass is 35.5. The molecule has 8 heteroatoms. The van der Waals surface area contributed by atoms with Gasteiger partial charge in [0.1, 0.15) is 11.9 Å². The first-order valence-electron chi connectivity index (χ1n) is 6.64. The topological polar surface area (TPSA) is 61.6 Å². The van der Waals surface area contributed by atoms with Crippen molar-refractivity contribution in [1.82, 2.24) is 9.97 Å². The number of nitriles is 1. The number of hydrogen-bond acceptors (Lipinski definition) is 6. The van der Waals surface area contributed by atoms with Crippen LogP contribution in [0.15, 0.2) is 33.2 Å². The number of halogens is 2. The maximum absolute atomic E-state index is 13.0. The normalized spacial score (nSPS) is 13.0. The van der Waals surface area contributed by atoms with Crippen molar-refractivity contribution >= 4 is 50.7 Å². The molecule has 0 aliphatic rings. The van der Waals surface area contributed by atoms with Crippen molar-refractivity contribution in [3.63, 3.8) is 0 Å². The lowest BCUT2D eigenvalue weighted by Gasteiger charge is -2.09. The number of thioether (sulfide) groups is 1. The Balaban J connectivity index is 2.38. The molecule has 0 spiro atoms. The van der Waals surface area contributed by atoms with E-state index in [0.29, 0.717) is 16.9 Å². The third-order valence-corrected chi connectivity index (χ3v) is 5.44. The minimum atomic E-state index is -0.396. The molecule has 0 amide bonds. The summed E-state index contributed by atoms with van der Waals surface area (Å²) in [4.78, 5) is 8.61. The summed E-state index contributed by atoms with van der Waals surface area (Å²) >= 11 is 8.81. The Hall–Kier alpha value is -1.62. The van der Waals surface area contributed by atoms with Gasteiger partial charge >= 0.3 is 0 Å². The van der Waals surface area contributed by atoms with Crippen LogP contribution in [-0.2, 0) is 0 Å². The molecule has 0 saturated carbocycles. The highest BCUT2D eigenvalue weighted by Gasteiger charge is 2.14. The van der Waals surface area contributed by atoms with Crippen LogP contribution >= 0.6 is 34.7 Å². The zero-order chi connectivity index (χ0) is 17.0. The monoisotopic (exact) mass is 368 g/mol. The quantitative estimate of drug-likeness (QED) is 0.713. The molecule has 23 heavy (non-hydrogen) atoms. The van der Waals surface area contributed by atoms with E-state index < -0.39 is 5.83 Å². The molecule has 0 aromatic carbocycles. The van der Waals surface area contributed by atoms with Crippen LogP contribution in [0.25, 0.3) is 10.3 Å². The zero-order valence-corrected chi connectivity index (χ0v) is 15.2. The SMILES string of the molecule is CSc1nc2ncc(C#N)c(N/C(C)=C/C/C(Cl)=C(\C)F)c2s1. The number of nitrogens with zero attached hydrogens (tertiary/aromatic N) is 3. The van der Waals surface area contributed by atoms with Crippen LogP contribution in [0.4, 0.5) is 10.1 Å². The van der Waals surface area contributed by atoms with Crippen LogP contribution in [0.2, 0.25) is 0 Å². The largest absolute Gasteiger partial charge is 0.357 e. The molecule has 0 aliphatic heterocycles. The molecular weight excluding hydrogens is 355 g/mol. The third-order valence-electron chi connectivity index (χ3n) is 2.98. The van der Waals surface area contributed by atoms with Gasteiger partial charge in [-0.05, 0) is 20.1 Å². The number of allylic oxidation sites excluding steroid dienone is 4. The third kappa shape index (κ3) is 4.22. The minimum Gasteiger partial charge on any atom is -0.357 e. The van der Waals surface area contributed by atoms with E-state index in [2.05, 4.69) is 21.4 Å². The van der Waals surface area contributed by atoms with Gasteiger partial charge in [0.05, 0.1) is 21.0 Å². The van der Waals surface area contributed by atoms with Gasteiger partial charge in [0.25, 0.3) is 0 Å². The molecular formula is C15H14ClFN4S2. The van der Waals surface area contributed by atoms with E-state index in [4.69, 9.17) is 11.6 Å². The number of fused-ring (bicyclic) bond motifs is 1. The number of anilines is 1. The van der Waals surface area contributed by atoms with Gasteiger partial charge in [0, 0.05) is 18.3 Å². The molecule has 0 atom stereocenters. The Bertz CT molecular complexity index is 832. The molecule has 2 aromatic rings. The van der Waals surface area contributed by atoms with Gasteiger partial charge < -0.3 is 5.32 Å². The molecule has 2 heterocycles. The Labute approximate surface area is 147 Å². The second kappa shape index (κ2) is 7.77. The Kier molecular flexibility index (Phi) is 5.99. The second-order valence-electron chi connectivity index (χ2n) is 4.65. The average molecular weight is 369 g/mol. The van der Waals surface area contributed by atoms with E-state index in [1.165, 1.54) is 36.2 Å². The molecule has 0 radical (unpaired) electrons. The van der Waals surface area contributed by atoms with Gasteiger partial charge in [-0.2, -0.15) is 5.26 Å². The summed E-state index contributed by atoms with van der Waals surface area (Å²) in [6, 6.07) is 2.13. The number of rotatable bonds is 5. The standard InChI is InChI=1S/C15H14ClFN4S2/c1-8(4-5-11(16)9(2)17)20-12-10(6-18)7-19-14-13(12)23-15(21-14)22-3/h4,7H,5H2,1-3H3,(H,19,20)/b8-4+,11-9-. The first-order valence-corrected chi connectivity index (χ1v) is 9.06. The molecule has 120 valence electrons. The summed E-state index contributed by atoms with van der Waals surface area (Å²) < 4.78 is 14.7. The molecule has 0 bridgehead atoms. The highest BCUT2D eigenvalue weighted by Crippen LogP contribution is 2.35. The number of aromatic nitrogens is 2. The lowest BCUT2D eigenvalue weighted by atomic mass is 10.2. The summed E-state index contributed by atoms with van der Waals surface area (Å²) in [6.07, 6.45) is 5.50. The fourth-order valence-corrected chi connectivity index (χ4v) is 3.38. The van der Waals surface area contributed by atoms with Crippen molar-refractivity contribution in [2.24, 2.45) is 0 Å². The fraction of sp³-hybridized carbons (Fsp3) is 0.267. The highest BCUT2D eigenvalue weighted by molar-refractivity contribution is 8.00.